The van der Waals surface area contributed by atoms with E-state index >= 15 is 0 Å². The number of nitrogens with zero attached hydrogens (tertiary/aromatic N) is 1. The quantitative estimate of drug-likeness (QED) is 0.898. The zero-order valence-electron chi connectivity index (χ0n) is 10.9. The van der Waals surface area contributed by atoms with Crippen LogP contribution in [0.4, 0.5) is 4.39 Å². The van der Waals surface area contributed by atoms with Crippen LogP contribution in [0, 0.1) is 5.82 Å². The molecule has 1 aromatic heterocycles. The molecule has 1 N–H and O–H groups in total. The van der Waals surface area contributed by atoms with Gasteiger partial charge in [-0.25, -0.2) is 4.39 Å². The van der Waals surface area contributed by atoms with E-state index in [0.29, 0.717) is 19.4 Å². The fourth-order valence-electron chi connectivity index (χ4n) is 1.87. The Hall–Kier alpha value is -1.97. The molecule has 0 radical (unpaired) electrons. The monoisotopic (exact) mass is 260 g/mol. The molecule has 0 saturated heterocycles. The van der Waals surface area contributed by atoms with E-state index in [-0.39, 0.29) is 11.7 Å². The summed E-state index contributed by atoms with van der Waals surface area (Å²) >= 11 is 0. The van der Waals surface area contributed by atoms with Crippen LogP contribution in [0.2, 0.25) is 0 Å². The predicted molar refractivity (Wildman–Crippen MR) is 73.3 cm³/mol. The van der Waals surface area contributed by atoms with Crippen molar-refractivity contribution >= 4 is 16.8 Å². The summed E-state index contributed by atoms with van der Waals surface area (Å²) in [6.07, 6.45) is 1.97. The van der Waals surface area contributed by atoms with Crippen molar-refractivity contribution in [3.8, 4) is 0 Å². The van der Waals surface area contributed by atoms with Crippen LogP contribution < -0.4 is 5.32 Å². The van der Waals surface area contributed by atoms with Crippen molar-refractivity contribution in [2.45, 2.75) is 26.2 Å². The number of nitrogens with one attached hydrogen (secondary N) is 1. The SMILES string of the molecule is CCCNC(=O)CCc1ccc2cc(F)ccc2n1. The number of hydrogen-bond donors (Lipinski definition) is 1. The highest BCUT2D eigenvalue weighted by atomic mass is 19.1. The minimum Gasteiger partial charge on any atom is -0.356 e. The van der Waals surface area contributed by atoms with E-state index in [4.69, 9.17) is 0 Å². The molecule has 0 fully saturated rings. The maximum atomic E-state index is 13.0. The minimum atomic E-state index is -0.263. The zero-order valence-corrected chi connectivity index (χ0v) is 10.9. The van der Waals surface area contributed by atoms with Crippen LogP contribution in [0.3, 0.4) is 0 Å². The molecular formula is C15H17FN2O. The maximum absolute atomic E-state index is 13.0. The van der Waals surface area contributed by atoms with Crippen LogP contribution >= 0.6 is 0 Å². The van der Waals surface area contributed by atoms with Crippen molar-refractivity contribution in [2.75, 3.05) is 6.54 Å². The zero-order chi connectivity index (χ0) is 13.7. The molecule has 0 bridgehead atoms. The smallest absolute Gasteiger partial charge is 0.220 e. The molecule has 0 aliphatic rings. The molecule has 4 heteroatoms. The lowest BCUT2D eigenvalue weighted by atomic mass is 10.1. The highest BCUT2D eigenvalue weighted by molar-refractivity contribution is 5.79. The molecule has 0 atom stereocenters. The third-order valence-electron chi connectivity index (χ3n) is 2.89. The molecule has 0 spiro atoms. The Morgan fingerprint density at radius 2 is 2.16 bits per heavy atom. The Balaban J connectivity index is 2.01. The normalized spacial score (nSPS) is 10.6. The number of amides is 1. The predicted octanol–water partition coefficient (Wildman–Crippen LogP) is 2.83. The van der Waals surface area contributed by atoms with Crippen molar-refractivity contribution in [2.24, 2.45) is 0 Å². The molecule has 2 rings (SSSR count). The van der Waals surface area contributed by atoms with Crippen molar-refractivity contribution in [1.82, 2.24) is 10.3 Å². The van der Waals surface area contributed by atoms with Gasteiger partial charge < -0.3 is 5.32 Å². The Morgan fingerprint density at radius 3 is 2.95 bits per heavy atom. The van der Waals surface area contributed by atoms with Gasteiger partial charge in [-0.05, 0) is 37.1 Å². The summed E-state index contributed by atoms with van der Waals surface area (Å²) in [7, 11) is 0. The lowest BCUT2D eigenvalue weighted by Gasteiger charge is -2.04. The average molecular weight is 260 g/mol. The molecule has 19 heavy (non-hydrogen) atoms. The van der Waals surface area contributed by atoms with E-state index in [0.717, 1.165) is 23.0 Å². The van der Waals surface area contributed by atoms with Crippen molar-refractivity contribution in [3.05, 3.63) is 41.8 Å². The summed E-state index contributed by atoms with van der Waals surface area (Å²) in [5, 5.41) is 3.61. The first-order valence-electron chi connectivity index (χ1n) is 6.51. The van der Waals surface area contributed by atoms with Gasteiger partial charge in [-0.2, -0.15) is 0 Å². The van der Waals surface area contributed by atoms with E-state index in [1.165, 1.54) is 12.1 Å². The molecule has 1 amide bonds. The number of halogens is 1. The number of benzene rings is 1. The third kappa shape index (κ3) is 3.74. The summed E-state index contributed by atoms with van der Waals surface area (Å²) in [6.45, 7) is 2.73. The Kier molecular flexibility index (Phi) is 4.44. The largest absolute Gasteiger partial charge is 0.356 e. The molecule has 1 aromatic carbocycles. The molecule has 0 saturated carbocycles. The highest BCUT2D eigenvalue weighted by Gasteiger charge is 2.04. The molecule has 0 aliphatic heterocycles. The van der Waals surface area contributed by atoms with Gasteiger partial charge in [0, 0.05) is 24.0 Å². The van der Waals surface area contributed by atoms with Gasteiger partial charge in [0.2, 0.25) is 5.91 Å². The van der Waals surface area contributed by atoms with Crippen LogP contribution in [0.25, 0.3) is 10.9 Å². The summed E-state index contributed by atoms with van der Waals surface area (Å²) < 4.78 is 13.0. The van der Waals surface area contributed by atoms with E-state index in [1.54, 1.807) is 6.07 Å². The van der Waals surface area contributed by atoms with Gasteiger partial charge in [-0.15, -0.1) is 0 Å². The maximum Gasteiger partial charge on any atom is 0.220 e. The molecule has 0 unspecified atom stereocenters. The third-order valence-corrected chi connectivity index (χ3v) is 2.89. The van der Waals surface area contributed by atoms with Crippen LogP contribution in [0.15, 0.2) is 30.3 Å². The lowest BCUT2D eigenvalue weighted by molar-refractivity contribution is -0.121. The van der Waals surface area contributed by atoms with E-state index in [9.17, 15) is 9.18 Å². The molecular weight excluding hydrogens is 243 g/mol. The molecule has 1 heterocycles. The standard InChI is InChI=1S/C15H17FN2O/c1-2-9-17-15(19)8-6-13-5-3-11-10-12(16)4-7-14(11)18-13/h3-5,7,10H,2,6,8-9H2,1H3,(H,17,19). The average Bonchev–Trinajstić information content (AvgIpc) is 2.42. The second-order valence-corrected chi connectivity index (χ2v) is 4.49. The van der Waals surface area contributed by atoms with Gasteiger partial charge in [0.05, 0.1) is 5.52 Å². The van der Waals surface area contributed by atoms with E-state index in [2.05, 4.69) is 10.3 Å². The van der Waals surface area contributed by atoms with Gasteiger partial charge >= 0.3 is 0 Å². The molecule has 100 valence electrons. The summed E-state index contributed by atoms with van der Waals surface area (Å²) in [5.74, 6) is -0.219. The number of aryl methyl sites for hydroxylation is 1. The van der Waals surface area contributed by atoms with Crippen LogP contribution in [-0.2, 0) is 11.2 Å². The van der Waals surface area contributed by atoms with E-state index < -0.39 is 0 Å². The first-order chi connectivity index (χ1) is 9.19. The summed E-state index contributed by atoms with van der Waals surface area (Å²) in [4.78, 5) is 15.9. The van der Waals surface area contributed by atoms with Gasteiger partial charge in [0.1, 0.15) is 5.82 Å². The van der Waals surface area contributed by atoms with Crippen molar-refractivity contribution in [3.63, 3.8) is 0 Å². The number of rotatable bonds is 5. The second kappa shape index (κ2) is 6.27. The first-order valence-corrected chi connectivity index (χ1v) is 6.51. The molecule has 2 aromatic rings. The lowest BCUT2D eigenvalue weighted by Crippen LogP contribution is -2.24. The number of hydrogen-bond acceptors (Lipinski definition) is 2. The Morgan fingerprint density at radius 1 is 1.32 bits per heavy atom. The van der Waals surface area contributed by atoms with Gasteiger partial charge in [0.25, 0.3) is 0 Å². The Bertz CT molecular complexity index is 583. The Labute approximate surface area is 111 Å². The highest BCUT2D eigenvalue weighted by Crippen LogP contribution is 2.14. The number of pyridine rings is 1. The number of carbonyl (C=O) groups is 1. The second-order valence-electron chi connectivity index (χ2n) is 4.49. The van der Waals surface area contributed by atoms with Crippen LogP contribution in [0.1, 0.15) is 25.5 Å². The topological polar surface area (TPSA) is 42.0 Å². The van der Waals surface area contributed by atoms with Crippen LogP contribution in [-0.4, -0.2) is 17.4 Å². The van der Waals surface area contributed by atoms with Gasteiger partial charge in [-0.3, -0.25) is 9.78 Å². The van der Waals surface area contributed by atoms with Crippen molar-refractivity contribution in [1.29, 1.82) is 0 Å². The molecule has 0 aliphatic carbocycles. The van der Waals surface area contributed by atoms with Gasteiger partial charge in [0.15, 0.2) is 0 Å². The van der Waals surface area contributed by atoms with Gasteiger partial charge in [-0.1, -0.05) is 13.0 Å². The number of carbonyl (C=O) groups excluding carboxylic acids is 1. The fourth-order valence-corrected chi connectivity index (χ4v) is 1.87. The first kappa shape index (κ1) is 13.5. The fraction of sp³-hybridized carbons (Fsp3) is 0.333. The van der Waals surface area contributed by atoms with E-state index in [1.807, 2.05) is 19.1 Å². The summed E-state index contributed by atoms with van der Waals surface area (Å²) in [6, 6.07) is 8.19. The minimum absolute atomic E-state index is 0.0443. The summed E-state index contributed by atoms with van der Waals surface area (Å²) in [5.41, 5.74) is 1.61. The van der Waals surface area contributed by atoms with Crippen LogP contribution in [0.5, 0.6) is 0 Å². The number of aromatic nitrogens is 1. The van der Waals surface area contributed by atoms with Crippen molar-refractivity contribution < 1.29 is 9.18 Å². The molecule has 3 nitrogen and oxygen atoms in total. The number of fused-ring (bicyclic) bond motifs is 1.